The van der Waals surface area contributed by atoms with Gasteiger partial charge in [0.25, 0.3) is 11.2 Å². The van der Waals surface area contributed by atoms with Crippen molar-refractivity contribution in [2.75, 3.05) is 12.0 Å². The van der Waals surface area contributed by atoms with Crippen molar-refractivity contribution in [3.8, 4) is 5.75 Å². The van der Waals surface area contributed by atoms with E-state index in [1.165, 1.54) is 46.7 Å². The minimum atomic E-state index is -1.02. The van der Waals surface area contributed by atoms with Crippen LogP contribution in [0.3, 0.4) is 0 Å². The molecular formula is C22H21N7O6. The molecule has 0 amide bonds. The number of nitrogens with one attached hydrogen (secondary N) is 2. The highest BCUT2D eigenvalue weighted by Crippen LogP contribution is 2.17. The number of H-pyrrole nitrogens is 1. The number of nitro benzene ring substituents is 1. The van der Waals surface area contributed by atoms with Gasteiger partial charge in [-0.3, -0.25) is 24.5 Å². The lowest BCUT2D eigenvalue weighted by Gasteiger charge is -2.15. The number of rotatable bonds is 9. The molecule has 13 heteroatoms. The van der Waals surface area contributed by atoms with Gasteiger partial charge < -0.3 is 14.4 Å². The van der Waals surface area contributed by atoms with Crippen LogP contribution in [0.25, 0.3) is 11.2 Å². The summed E-state index contributed by atoms with van der Waals surface area (Å²) < 4.78 is 8.16. The Hall–Kier alpha value is -4.78. The van der Waals surface area contributed by atoms with Crippen molar-refractivity contribution in [2.45, 2.75) is 12.6 Å². The van der Waals surface area contributed by atoms with Crippen molar-refractivity contribution in [1.29, 1.82) is 0 Å². The molecule has 35 heavy (non-hydrogen) atoms. The van der Waals surface area contributed by atoms with E-state index >= 15 is 0 Å². The number of aromatic nitrogens is 4. The molecule has 4 aromatic rings. The maximum absolute atomic E-state index is 12.6. The average molecular weight is 479 g/mol. The van der Waals surface area contributed by atoms with Crippen LogP contribution in [0.1, 0.15) is 5.56 Å². The summed E-state index contributed by atoms with van der Waals surface area (Å²) in [6, 6.07) is 14.7. The largest absolute Gasteiger partial charge is 0.491 e. The van der Waals surface area contributed by atoms with Gasteiger partial charge in [0.05, 0.1) is 17.7 Å². The molecule has 3 N–H and O–H groups in total. The number of benzene rings is 2. The van der Waals surface area contributed by atoms with Gasteiger partial charge in [-0.1, -0.05) is 18.2 Å². The van der Waals surface area contributed by atoms with E-state index in [1.807, 2.05) is 6.07 Å². The molecule has 0 aliphatic carbocycles. The molecule has 0 aliphatic rings. The van der Waals surface area contributed by atoms with Crippen molar-refractivity contribution in [2.24, 2.45) is 12.1 Å². The van der Waals surface area contributed by atoms with E-state index in [0.717, 1.165) is 0 Å². The Morgan fingerprint density at radius 3 is 2.63 bits per heavy atom. The average Bonchev–Trinajstić information content (AvgIpc) is 3.21. The highest BCUT2D eigenvalue weighted by atomic mass is 16.6. The Labute approximate surface area is 197 Å². The number of hydrogen-bond acceptors (Lipinski definition) is 9. The molecule has 180 valence electrons. The zero-order valence-corrected chi connectivity index (χ0v) is 18.5. The Bertz CT molecular complexity index is 1490. The van der Waals surface area contributed by atoms with Crippen molar-refractivity contribution >= 4 is 29.0 Å². The van der Waals surface area contributed by atoms with Crippen molar-refractivity contribution in [1.82, 2.24) is 19.1 Å². The number of aromatic amines is 1. The summed E-state index contributed by atoms with van der Waals surface area (Å²) in [5.74, 6) is 0.678. The fourth-order valence-corrected chi connectivity index (χ4v) is 3.32. The molecular weight excluding hydrogens is 458 g/mol. The lowest BCUT2D eigenvalue weighted by Crippen LogP contribution is -2.30. The number of nitro groups is 1. The van der Waals surface area contributed by atoms with E-state index < -0.39 is 22.3 Å². The third kappa shape index (κ3) is 5.25. The number of hydrogen-bond donors (Lipinski definition) is 3. The lowest BCUT2D eigenvalue weighted by atomic mass is 10.2. The molecule has 2 aromatic carbocycles. The Kier molecular flexibility index (Phi) is 6.69. The third-order valence-corrected chi connectivity index (χ3v) is 5.07. The minimum Gasteiger partial charge on any atom is -0.491 e. The van der Waals surface area contributed by atoms with Crippen LogP contribution < -0.4 is 21.4 Å². The summed E-state index contributed by atoms with van der Waals surface area (Å²) in [4.78, 5) is 41.4. The first-order valence-electron chi connectivity index (χ1n) is 10.4. The number of hydrazone groups is 1. The topological polar surface area (TPSA) is 170 Å². The number of para-hydroxylation sites is 1. The minimum absolute atomic E-state index is 0.0521. The van der Waals surface area contributed by atoms with Crippen LogP contribution in [0.2, 0.25) is 0 Å². The molecule has 1 atom stereocenters. The molecule has 1 unspecified atom stereocenters. The SMILES string of the molecule is Cn1c(=O)[nH]c(=O)c2c1nc(NN=Cc1ccc([N+](=O)[O-])cc1)n2CC(O)COc1ccccc1. The third-order valence-electron chi connectivity index (χ3n) is 5.07. The predicted octanol–water partition coefficient (Wildman–Crippen LogP) is 1.22. The summed E-state index contributed by atoms with van der Waals surface area (Å²) in [6.07, 6.45) is 0.384. The maximum atomic E-state index is 12.6. The fourth-order valence-electron chi connectivity index (χ4n) is 3.32. The molecule has 2 heterocycles. The van der Waals surface area contributed by atoms with Crippen LogP contribution >= 0.6 is 0 Å². The number of aliphatic hydroxyl groups is 1. The second-order valence-electron chi connectivity index (χ2n) is 7.53. The van der Waals surface area contributed by atoms with Gasteiger partial charge in [-0.2, -0.15) is 10.1 Å². The highest BCUT2D eigenvalue weighted by molar-refractivity contribution is 5.81. The van der Waals surface area contributed by atoms with Crippen LogP contribution in [-0.2, 0) is 13.6 Å². The number of aryl methyl sites for hydroxylation is 1. The molecule has 13 nitrogen and oxygen atoms in total. The van der Waals surface area contributed by atoms with Crippen LogP contribution in [0.4, 0.5) is 11.6 Å². The number of nitrogens with zero attached hydrogens (tertiary/aromatic N) is 5. The van der Waals surface area contributed by atoms with E-state index in [-0.39, 0.29) is 36.0 Å². The van der Waals surface area contributed by atoms with Crippen LogP contribution in [-0.4, -0.2) is 48.1 Å². The summed E-state index contributed by atoms with van der Waals surface area (Å²) >= 11 is 0. The van der Waals surface area contributed by atoms with Gasteiger partial charge in [0.1, 0.15) is 18.5 Å². The molecule has 0 saturated heterocycles. The predicted molar refractivity (Wildman–Crippen MR) is 128 cm³/mol. The zero-order chi connectivity index (χ0) is 24.9. The number of anilines is 1. The summed E-state index contributed by atoms with van der Waals surface area (Å²) in [5.41, 5.74) is 2.10. The summed E-state index contributed by atoms with van der Waals surface area (Å²) in [5, 5.41) is 25.5. The number of non-ortho nitro benzene ring substituents is 1. The standard InChI is InChI=1S/C22H21N7O6/c1-27-19-18(20(31)25-22(27)32)28(12-16(30)13-35-17-5-3-2-4-6-17)21(24-19)26-23-11-14-7-9-15(10-8-14)29(33)34/h2-11,16,30H,12-13H2,1H3,(H,24,26)(H,25,31,32). The van der Waals surface area contributed by atoms with E-state index in [0.29, 0.717) is 11.3 Å². The maximum Gasteiger partial charge on any atom is 0.329 e. The molecule has 0 bridgehead atoms. The molecule has 4 rings (SSSR count). The molecule has 0 radical (unpaired) electrons. The fraction of sp³-hybridized carbons (Fsp3) is 0.182. The Morgan fingerprint density at radius 2 is 1.94 bits per heavy atom. The Balaban J connectivity index is 1.60. The second kappa shape index (κ2) is 10.0. The zero-order valence-electron chi connectivity index (χ0n) is 18.5. The van der Waals surface area contributed by atoms with E-state index in [9.17, 15) is 24.8 Å². The van der Waals surface area contributed by atoms with Crippen molar-refractivity contribution in [3.05, 3.63) is 91.1 Å². The molecule has 0 fully saturated rings. The monoisotopic (exact) mass is 479 g/mol. The van der Waals surface area contributed by atoms with Crippen LogP contribution in [0.5, 0.6) is 5.75 Å². The number of ether oxygens (including phenoxy) is 1. The van der Waals surface area contributed by atoms with Gasteiger partial charge in [-0.25, -0.2) is 10.2 Å². The van der Waals surface area contributed by atoms with Crippen LogP contribution in [0.15, 0.2) is 69.3 Å². The lowest BCUT2D eigenvalue weighted by molar-refractivity contribution is -0.384. The van der Waals surface area contributed by atoms with Crippen molar-refractivity contribution in [3.63, 3.8) is 0 Å². The van der Waals surface area contributed by atoms with E-state index in [2.05, 4.69) is 20.5 Å². The van der Waals surface area contributed by atoms with Gasteiger partial charge in [0.2, 0.25) is 5.95 Å². The van der Waals surface area contributed by atoms with Gasteiger partial charge in [-0.15, -0.1) is 0 Å². The molecule has 2 aromatic heterocycles. The van der Waals surface area contributed by atoms with Gasteiger partial charge in [-0.05, 0) is 29.8 Å². The molecule has 0 aliphatic heterocycles. The number of aliphatic hydroxyl groups excluding tert-OH is 1. The summed E-state index contributed by atoms with van der Waals surface area (Å²) in [6.45, 7) is -0.140. The van der Waals surface area contributed by atoms with E-state index in [4.69, 9.17) is 4.74 Å². The molecule has 0 saturated carbocycles. The highest BCUT2D eigenvalue weighted by Gasteiger charge is 2.20. The second-order valence-corrected chi connectivity index (χ2v) is 7.53. The number of fused-ring (bicyclic) bond motifs is 1. The van der Waals surface area contributed by atoms with Gasteiger partial charge >= 0.3 is 5.69 Å². The normalized spacial score (nSPS) is 12.2. The first-order chi connectivity index (χ1) is 16.8. The first kappa shape index (κ1) is 23.4. The molecule has 0 spiro atoms. The van der Waals surface area contributed by atoms with Crippen LogP contribution in [0, 0.1) is 10.1 Å². The van der Waals surface area contributed by atoms with E-state index in [1.54, 1.807) is 24.3 Å². The van der Waals surface area contributed by atoms with Gasteiger partial charge in [0, 0.05) is 19.2 Å². The quantitative estimate of drug-likeness (QED) is 0.183. The van der Waals surface area contributed by atoms with Gasteiger partial charge in [0.15, 0.2) is 11.2 Å². The summed E-state index contributed by atoms with van der Waals surface area (Å²) in [7, 11) is 1.46. The smallest absolute Gasteiger partial charge is 0.329 e. The first-order valence-corrected chi connectivity index (χ1v) is 10.4. The Morgan fingerprint density at radius 1 is 1.23 bits per heavy atom. The van der Waals surface area contributed by atoms with Crippen molar-refractivity contribution < 1.29 is 14.8 Å². The number of imidazole rings is 1.